The zero-order chi connectivity index (χ0) is 11.7. The van der Waals surface area contributed by atoms with Crippen molar-refractivity contribution < 1.29 is 9.26 Å². The van der Waals surface area contributed by atoms with Crippen LogP contribution in [0.3, 0.4) is 0 Å². The quantitative estimate of drug-likeness (QED) is 0.756. The highest BCUT2D eigenvalue weighted by molar-refractivity contribution is 5.08. The molecule has 0 radical (unpaired) electrons. The first-order valence-electron chi connectivity index (χ1n) is 6.46. The van der Waals surface area contributed by atoms with Crippen molar-refractivity contribution in [1.29, 1.82) is 0 Å². The van der Waals surface area contributed by atoms with Gasteiger partial charge in [0.2, 0.25) is 5.89 Å². The molecule has 2 N–H and O–H groups in total. The molecule has 0 saturated heterocycles. The molecule has 2 aliphatic rings. The van der Waals surface area contributed by atoms with Crippen molar-refractivity contribution in [3.8, 4) is 0 Å². The molecule has 1 aromatic heterocycles. The molecule has 0 bridgehead atoms. The number of nitrogens with zero attached hydrogens (tertiary/aromatic N) is 2. The highest BCUT2D eigenvalue weighted by Gasteiger charge is 2.38. The number of aromatic nitrogens is 2. The molecule has 94 valence electrons. The normalized spacial score (nSPS) is 22.4. The Hall–Kier alpha value is -0.940. The van der Waals surface area contributed by atoms with Crippen molar-refractivity contribution in [1.82, 2.24) is 10.1 Å². The Balaban J connectivity index is 1.46. The van der Waals surface area contributed by atoms with E-state index in [1.807, 2.05) is 0 Å². The van der Waals surface area contributed by atoms with Gasteiger partial charge in [0.25, 0.3) is 0 Å². The van der Waals surface area contributed by atoms with Crippen LogP contribution in [0.1, 0.15) is 43.8 Å². The minimum atomic E-state index is -0.323. The van der Waals surface area contributed by atoms with Crippen LogP contribution in [0.15, 0.2) is 4.52 Å². The maximum absolute atomic E-state index is 6.12. The lowest BCUT2D eigenvalue weighted by Crippen LogP contribution is -2.44. The van der Waals surface area contributed by atoms with Gasteiger partial charge >= 0.3 is 0 Å². The van der Waals surface area contributed by atoms with Crippen molar-refractivity contribution >= 4 is 0 Å². The second-order valence-electron chi connectivity index (χ2n) is 5.29. The fraction of sp³-hybridized carbons (Fsp3) is 0.833. The zero-order valence-corrected chi connectivity index (χ0v) is 10.0. The average molecular weight is 237 g/mol. The summed E-state index contributed by atoms with van der Waals surface area (Å²) in [4.78, 5) is 4.35. The van der Waals surface area contributed by atoms with Gasteiger partial charge in [-0.1, -0.05) is 5.16 Å². The molecule has 0 amide bonds. The monoisotopic (exact) mass is 237 g/mol. The van der Waals surface area contributed by atoms with Crippen LogP contribution in [0.25, 0.3) is 0 Å². The van der Waals surface area contributed by atoms with Gasteiger partial charge in [-0.3, -0.25) is 0 Å². The van der Waals surface area contributed by atoms with Gasteiger partial charge in [0, 0.05) is 6.61 Å². The predicted octanol–water partition coefficient (Wildman–Crippen LogP) is 1.38. The number of ether oxygens (including phenoxy) is 1. The Morgan fingerprint density at radius 1 is 1.41 bits per heavy atom. The van der Waals surface area contributed by atoms with Gasteiger partial charge in [-0.2, -0.15) is 4.98 Å². The lowest BCUT2D eigenvalue weighted by atomic mass is 9.77. The minimum Gasteiger partial charge on any atom is -0.381 e. The number of nitrogens with two attached hydrogens (primary N) is 1. The predicted molar refractivity (Wildman–Crippen MR) is 61.3 cm³/mol. The summed E-state index contributed by atoms with van der Waals surface area (Å²) >= 11 is 0. The van der Waals surface area contributed by atoms with Crippen LogP contribution >= 0.6 is 0 Å². The standard InChI is InChI=1S/C12H19N3O2/c13-12(5-1-6-12)11-14-10(17-15-11)4-7-16-8-9-2-3-9/h9H,1-8,13H2. The maximum Gasteiger partial charge on any atom is 0.229 e. The van der Waals surface area contributed by atoms with Crippen LogP contribution in [0.2, 0.25) is 0 Å². The van der Waals surface area contributed by atoms with Gasteiger partial charge in [-0.15, -0.1) is 0 Å². The van der Waals surface area contributed by atoms with Crippen LogP contribution in [0.4, 0.5) is 0 Å². The highest BCUT2D eigenvalue weighted by Crippen LogP contribution is 2.36. The molecule has 0 aromatic carbocycles. The molecule has 0 spiro atoms. The van der Waals surface area contributed by atoms with Crippen molar-refractivity contribution in [3.05, 3.63) is 11.7 Å². The molecular formula is C12H19N3O2. The number of rotatable bonds is 6. The summed E-state index contributed by atoms with van der Waals surface area (Å²) in [5.41, 5.74) is 5.80. The molecule has 0 atom stereocenters. The van der Waals surface area contributed by atoms with E-state index in [0.717, 1.165) is 31.8 Å². The van der Waals surface area contributed by atoms with Gasteiger partial charge in [0.15, 0.2) is 5.82 Å². The van der Waals surface area contributed by atoms with Crippen LogP contribution in [0.5, 0.6) is 0 Å². The summed E-state index contributed by atoms with van der Waals surface area (Å²) in [6, 6.07) is 0. The molecule has 2 saturated carbocycles. The molecule has 5 nitrogen and oxygen atoms in total. The fourth-order valence-electron chi connectivity index (χ4n) is 2.03. The first kappa shape index (κ1) is 11.2. The molecule has 2 aliphatic carbocycles. The van der Waals surface area contributed by atoms with E-state index in [1.54, 1.807) is 0 Å². The lowest BCUT2D eigenvalue weighted by Gasteiger charge is -2.34. The van der Waals surface area contributed by atoms with Crippen molar-refractivity contribution in [3.63, 3.8) is 0 Å². The zero-order valence-electron chi connectivity index (χ0n) is 10.0. The largest absolute Gasteiger partial charge is 0.381 e. The molecule has 17 heavy (non-hydrogen) atoms. The summed E-state index contributed by atoms with van der Waals surface area (Å²) in [5.74, 6) is 2.11. The molecule has 1 heterocycles. The third-order valence-corrected chi connectivity index (χ3v) is 3.67. The van der Waals surface area contributed by atoms with E-state index in [1.165, 1.54) is 12.8 Å². The van der Waals surface area contributed by atoms with E-state index >= 15 is 0 Å². The highest BCUT2D eigenvalue weighted by atomic mass is 16.5. The lowest BCUT2D eigenvalue weighted by molar-refractivity contribution is 0.121. The molecular weight excluding hydrogens is 218 g/mol. The Bertz CT molecular complexity index is 383. The topological polar surface area (TPSA) is 74.2 Å². The second-order valence-corrected chi connectivity index (χ2v) is 5.29. The van der Waals surface area contributed by atoms with Gasteiger partial charge in [-0.05, 0) is 38.0 Å². The summed E-state index contributed by atoms with van der Waals surface area (Å²) in [6.45, 7) is 1.54. The van der Waals surface area contributed by atoms with Gasteiger partial charge in [0.1, 0.15) is 0 Å². The van der Waals surface area contributed by atoms with Gasteiger partial charge in [0.05, 0.1) is 18.6 Å². The number of hydrogen-bond donors (Lipinski definition) is 1. The first-order chi connectivity index (χ1) is 8.26. The first-order valence-corrected chi connectivity index (χ1v) is 6.46. The smallest absolute Gasteiger partial charge is 0.229 e. The summed E-state index contributed by atoms with van der Waals surface area (Å²) in [7, 11) is 0. The van der Waals surface area contributed by atoms with Gasteiger partial charge in [-0.25, -0.2) is 0 Å². The van der Waals surface area contributed by atoms with Crippen molar-refractivity contribution in [2.75, 3.05) is 13.2 Å². The second kappa shape index (κ2) is 4.38. The maximum atomic E-state index is 6.12. The van der Waals surface area contributed by atoms with E-state index in [2.05, 4.69) is 10.1 Å². The van der Waals surface area contributed by atoms with E-state index in [-0.39, 0.29) is 5.54 Å². The van der Waals surface area contributed by atoms with E-state index < -0.39 is 0 Å². The van der Waals surface area contributed by atoms with Crippen LogP contribution < -0.4 is 5.73 Å². The third-order valence-electron chi connectivity index (χ3n) is 3.67. The summed E-state index contributed by atoms with van der Waals surface area (Å²) < 4.78 is 10.7. The molecule has 1 aromatic rings. The Labute approximate surface area is 101 Å². The Morgan fingerprint density at radius 3 is 2.88 bits per heavy atom. The SMILES string of the molecule is NC1(c2noc(CCOCC3CC3)n2)CCC1. The van der Waals surface area contributed by atoms with Crippen LogP contribution in [-0.2, 0) is 16.7 Å². The average Bonchev–Trinajstić information content (AvgIpc) is 2.99. The molecule has 5 heteroatoms. The van der Waals surface area contributed by atoms with E-state index in [4.69, 9.17) is 15.0 Å². The molecule has 0 aliphatic heterocycles. The summed E-state index contributed by atoms with van der Waals surface area (Å²) in [5, 5.41) is 3.97. The number of hydrogen-bond acceptors (Lipinski definition) is 5. The van der Waals surface area contributed by atoms with E-state index in [0.29, 0.717) is 24.7 Å². The van der Waals surface area contributed by atoms with Crippen LogP contribution in [0, 0.1) is 5.92 Å². The molecule has 3 rings (SSSR count). The minimum absolute atomic E-state index is 0.323. The Morgan fingerprint density at radius 2 is 2.24 bits per heavy atom. The molecule has 0 unspecified atom stereocenters. The fourth-order valence-corrected chi connectivity index (χ4v) is 2.03. The Kier molecular flexibility index (Phi) is 2.88. The summed E-state index contributed by atoms with van der Waals surface area (Å²) in [6.07, 6.45) is 6.41. The van der Waals surface area contributed by atoms with Gasteiger partial charge < -0.3 is 15.0 Å². The van der Waals surface area contributed by atoms with E-state index in [9.17, 15) is 0 Å². The van der Waals surface area contributed by atoms with Crippen LogP contribution in [-0.4, -0.2) is 23.4 Å². The van der Waals surface area contributed by atoms with Crippen molar-refractivity contribution in [2.24, 2.45) is 11.7 Å². The third kappa shape index (κ3) is 2.50. The van der Waals surface area contributed by atoms with Crippen molar-refractivity contribution in [2.45, 2.75) is 44.1 Å². The molecule has 2 fully saturated rings.